The van der Waals surface area contributed by atoms with Crippen molar-refractivity contribution in [3.63, 3.8) is 0 Å². The van der Waals surface area contributed by atoms with Gasteiger partial charge >= 0.3 is 0 Å². The summed E-state index contributed by atoms with van der Waals surface area (Å²) in [5.74, 6) is 0. The third-order valence-electron chi connectivity index (χ3n) is 16.0. The first-order valence-corrected chi connectivity index (χ1v) is 33.9. The Balaban J connectivity index is 0.000000138. The van der Waals surface area contributed by atoms with Gasteiger partial charge < -0.3 is 0 Å². The Labute approximate surface area is 610 Å². The topological polar surface area (TPSA) is 180 Å². The first-order chi connectivity index (χ1) is 51.0. The predicted molar refractivity (Wildman–Crippen MR) is 422 cm³/mol. The van der Waals surface area contributed by atoms with Gasteiger partial charge in [-0.3, -0.25) is 69.8 Å². The minimum Gasteiger partial charge on any atom is -0.265 e. The number of hydrogen-bond acceptors (Lipinski definition) is 14. The van der Waals surface area contributed by atoms with Crippen LogP contribution in [-0.2, 0) is 0 Å². The molecule has 0 fully saturated rings. The zero-order valence-electron chi connectivity index (χ0n) is 59.7. The minimum absolute atomic E-state index is 0.931. The molecule has 0 atom stereocenters. The lowest BCUT2D eigenvalue weighted by molar-refractivity contribution is 1.21. The maximum absolute atomic E-state index is 4.35. The quantitative estimate of drug-likeness (QED) is 0.140. The third-order valence-corrected chi connectivity index (χ3v) is 16.0. The molecule has 0 unspecified atom stereocenters. The van der Waals surface area contributed by atoms with E-state index in [0.717, 1.165) is 67.5 Å². The fourth-order valence-corrected chi connectivity index (χ4v) is 10.5. The summed E-state index contributed by atoms with van der Waals surface area (Å²) in [7, 11) is 0. The zero-order valence-corrected chi connectivity index (χ0v) is 59.7. The van der Waals surface area contributed by atoms with Gasteiger partial charge in [0.2, 0.25) is 0 Å². The Bertz CT molecular complexity index is 4130. The largest absolute Gasteiger partial charge is 0.265 e. The zero-order chi connectivity index (χ0) is 72.8. The van der Waals surface area contributed by atoms with Crippen molar-refractivity contribution in [3.8, 4) is 89.8 Å². The number of hydrogen-bond donors (Lipinski definition) is 0. The summed E-state index contributed by atoms with van der Waals surface area (Å²) in [4.78, 5) is 58.3. The van der Waals surface area contributed by atoms with Crippen molar-refractivity contribution in [1.82, 2.24) is 69.8 Å². The lowest BCUT2D eigenvalue weighted by atomic mass is 10.0. The Morgan fingerprint density at radius 1 is 0.154 bits per heavy atom. The molecule has 14 aromatic heterocycles. The molecule has 0 amide bonds. The Hall–Kier alpha value is -13.5. The van der Waals surface area contributed by atoms with E-state index in [1.54, 1.807) is 80.6 Å². The summed E-state index contributed by atoms with van der Waals surface area (Å²) in [6.45, 7) is 16.5. The lowest BCUT2D eigenvalue weighted by Gasteiger charge is -2.03. The summed E-state index contributed by atoms with van der Waals surface area (Å²) >= 11 is 0. The number of nitrogens with zero attached hydrogens (tertiary/aromatic N) is 14. The number of pyridine rings is 14. The van der Waals surface area contributed by atoms with E-state index in [1.165, 1.54) is 66.8 Å². The van der Waals surface area contributed by atoms with Crippen LogP contribution in [0.4, 0.5) is 0 Å². The molecule has 0 saturated carbocycles. The SMILES string of the molecule is Cc1cccnc1-c1ccccc1.Cc1cccnc1-c1ccccn1.Cc1cccnc1-c1cccnc1.Cc1cccnc1-c1ccncc1.Cc1ccncc1-c1ccccc1.Cc1ccncc1-c1ccccn1.Cc1ccncc1-c1cccnc1.Cc1ccncc1-c1ccncc1. The monoisotopic (exact) mass is 1360 g/mol. The predicted octanol–water partition coefficient (Wildman–Crippen LogP) is 20.8. The van der Waals surface area contributed by atoms with E-state index in [9.17, 15) is 0 Å². The maximum atomic E-state index is 4.35. The van der Waals surface area contributed by atoms with Gasteiger partial charge in [-0.2, -0.15) is 0 Å². The number of benzene rings is 2. The number of aryl methyl sites for hydroxylation is 8. The summed E-state index contributed by atoms with van der Waals surface area (Å²) in [6, 6.07) is 72.1. The van der Waals surface area contributed by atoms with Gasteiger partial charge in [0.15, 0.2) is 0 Å². The molecule has 0 bridgehead atoms. The van der Waals surface area contributed by atoms with Crippen molar-refractivity contribution in [2.45, 2.75) is 55.4 Å². The minimum atomic E-state index is 0.931. The highest BCUT2D eigenvalue weighted by Gasteiger charge is 2.07. The Morgan fingerprint density at radius 2 is 0.442 bits per heavy atom. The first kappa shape index (κ1) is 74.8. The van der Waals surface area contributed by atoms with Crippen molar-refractivity contribution < 1.29 is 0 Å². The first-order valence-electron chi connectivity index (χ1n) is 33.9. The second kappa shape index (κ2) is 41.2. The van der Waals surface area contributed by atoms with Gasteiger partial charge in [0.25, 0.3) is 0 Å². The van der Waals surface area contributed by atoms with Crippen molar-refractivity contribution in [2.24, 2.45) is 0 Å². The van der Waals surface area contributed by atoms with Crippen LogP contribution < -0.4 is 0 Å². The summed E-state index contributed by atoms with van der Waals surface area (Å²) < 4.78 is 0. The molecule has 512 valence electrons. The molecule has 14 heteroatoms. The van der Waals surface area contributed by atoms with Crippen LogP contribution >= 0.6 is 0 Å². The van der Waals surface area contributed by atoms with E-state index in [-0.39, 0.29) is 0 Å². The smallest absolute Gasteiger partial charge is 0.0915 e. The van der Waals surface area contributed by atoms with Crippen LogP contribution in [0.5, 0.6) is 0 Å². The molecule has 14 heterocycles. The molecule has 2 aromatic carbocycles. The molecular formula is C90H82N14. The molecule has 0 saturated heterocycles. The molecule has 0 aliphatic carbocycles. The highest BCUT2D eigenvalue weighted by Crippen LogP contribution is 2.26. The molecule has 0 spiro atoms. The molecular weight excluding hydrogens is 1280 g/mol. The van der Waals surface area contributed by atoms with Gasteiger partial charge in [0, 0.05) is 181 Å². The van der Waals surface area contributed by atoms with Crippen LogP contribution in [0.15, 0.2) is 355 Å². The summed E-state index contributed by atoms with van der Waals surface area (Å²) in [6.07, 6.45) is 39.9. The van der Waals surface area contributed by atoms with Gasteiger partial charge in [0.05, 0.1) is 34.2 Å². The van der Waals surface area contributed by atoms with Crippen LogP contribution in [-0.4, -0.2) is 69.8 Å². The van der Waals surface area contributed by atoms with Crippen molar-refractivity contribution in [2.75, 3.05) is 0 Å². The lowest BCUT2D eigenvalue weighted by Crippen LogP contribution is -1.88. The Morgan fingerprint density at radius 3 is 0.827 bits per heavy atom. The van der Waals surface area contributed by atoms with Crippen LogP contribution in [0.3, 0.4) is 0 Å². The van der Waals surface area contributed by atoms with Crippen LogP contribution in [0.25, 0.3) is 89.8 Å². The van der Waals surface area contributed by atoms with E-state index in [0.29, 0.717) is 0 Å². The Kier molecular flexibility index (Phi) is 29.6. The molecule has 0 aliphatic rings. The van der Waals surface area contributed by atoms with Crippen LogP contribution in [0, 0.1) is 55.4 Å². The van der Waals surface area contributed by atoms with Gasteiger partial charge in [-0.25, -0.2) is 0 Å². The van der Waals surface area contributed by atoms with E-state index in [4.69, 9.17) is 0 Å². The fourth-order valence-electron chi connectivity index (χ4n) is 10.5. The van der Waals surface area contributed by atoms with Crippen molar-refractivity contribution in [3.05, 3.63) is 399 Å². The summed E-state index contributed by atoms with van der Waals surface area (Å²) in [5, 5.41) is 0. The van der Waals surface area contributed by atoms with Crippen molar-refractivity contribution in [1.29, 1.82) is 0 Å². The van der Waals surface area contributed by atoms with Gasteiger partial charge in [-0.1, -0.05) is 103 Å². The molecule has 16 rings (SSSR count). The standard InChI is InChI=1S/2C12H11N.6C11H10N2/c1-10-6-5-9-13-12(10)11-7-3-2-4-8-11;1-10-7-8-13-9-12(10)11-5-3-2-4-6-11;1-9-2-5-13-8-11(9)10-3-6-12-7-4-10;1-9-4-2-7-13-11(9)10-5-3-6-12-8-10;1-9-3-2-6-13-11(9)10-4-7-12-8-5-10;1-9-5-4-8-13-11(9)10-6-2-3-7-12-10;1-9-4-6-13-8-11(9)10-3-2-5-12-7-10;1-9-5-7-12-8-10(9)11-4-2-3-6-13-11/h2*2-9H,1H3;6*2-8H,1H3. The highest BCUT2D eigenvalue weighted by atomic mass is 14.8. The van der Waals surface area contributed by atoms with E-state index >= 15 is 0 Å². The third kappa shape index (κ3) is 23.3. The van der Waals surface area contributed by atoms with Gasteiger partial charge in [0.1, 0.15) is 0 Å². The van der Waals surface area contributed by atoms with Gasteiger partial charge in [-0.05, 0) is 226 Å². The molecule has 0 radical (unpaired) electrons. The normalized spacial score (nSPS) is 9.92. The number of rotatable bonds is 8. The van der Waals surface area contributed by atoms with Gasteiger partial charge in [-0.15, -0.1) is 0 Å². The molecule has 0 N–H and O–H groups in total. The van der Waals surface area contributed by atoms with E-state index in [1.807, 2.05) is 239 Å². The fraction of sp³-hybridized carbons (Fsp3) is 0.0889. The highest BCUT2D eigenvalue weighted by molar-refractivity contribution is 5.69. The summed E-state index contributed by atoms with van der Waals surface area (Å²) in [5.41, 5.74) is 27.2. The van der Waals surface area contributed by atoms with Crippen LogP contribution in [0.1, 0.15) is 44.5 Å². The molecule has 104 heavy (non-hydrogen) atoms. The maximum Gasteiger partial charge on any atom is 0.0915 e. The van der Waals surface area contributed by atoms with Crippen LogP contribution in [0.2, 0.25) is 0 Å². The number of aromatic nitrogens is 14. The van der Waals surface area contributed by atoms with E-state index in [2.05, 4.69) is 161 Å². The molecule has 16 aromatic rings. The molecule has 0 aliphatic heterocycles. The second-order valence-electron chi connectivity index (χ2n) is 23.6. The van der Waals surface area contributed by atoms with E-state index < -0.39 is 0 Å². The average molecular weight is 1360 g/mol. The second-order valence-corrected chi connectivity index (χ2v) is 23.6. The molecule has 14 nitrogen and oxygen atoms in total. The van der Waals surface area contributed by atoms with Crippen molar-refractivity contribution >= 4 is 0 Å². The average Bonchev–Trinajstić information content (AvgIpc) is 1.11.